The van der Waals surface area contributed by atoms with Gasteiger partial charge in [0, 0.05) is 12.5 Å². The monoisotopic (exact) mass is 394 g/mol. The Bertz CT molecular complexity index is 895. The summed E-state index contributed by atoms with van der Waals surface area (Å²) in [6.45, 7) is 0.831. The Labute approximate surface area is 169 Å². The second-order valence-corrected chi connectivity index (χ2v) is 8.70. The van der Waals surface area contributed by atoms with Gasteiger partial charge < -0.3 is 5.32 Å². The summed E-state index contributed by atoms with van der Waals surface area (Å²) in [6, 6.07) is 16.0. The summed E-state index contributed by atoms with van der Waals surface area (Å²) in [5.41, 5.74) is 2.89. The molecule has 28 heavy (non-hydrogen) atoms. The molecule has 1 amide bonds. The molecule has 0 spiro atoms. The van der Waals surface area contributed by atoms with Crippen LogP contribution in [0.2, 0.25) is 0 Å². The number of benzene rings is 2. The van der Waals surface area contributed by atoms with Crippen molar-refractivity contribution in [2.24, 2.45) is 11.8 Å². The van der Waals surface area contributed by atoms with Crippen molar-refractivity contribution in [2.45, 2.75) is 37.0 Å². The van der Waals surface area contributed by atoms with Gasteiger partial charge in [-0.2, -0.15) is 0 Å². The predicted octanol–water partition coefficient (Wildman–Crippen LogP) is 4.67. The van der Waals surface area contributed by atoms with Gasteiger partial charge in [-0.1, -0.05) is 55.0 Å². The van der Waals surface area contributed by atoms with E-state index in [0.29, 0.717) is 10.8 Å². The average molecular weight is 395 g/mol. The van der Waals surface area contributed by atoms with Crippen LogP contribution >= 0.6 is 0 Å². The number of rotatable bonds is 1. The quantitative estimate of drug-likeness (QED) is 0.691. The first-order chi connectivity index (χ1) is 13.7. The second-order valence-electron chi connectivity index (χ2n) is 7.52. The molecule has 0 aromatic heterocycles. The number of hydrogen-bond donors (Lipinski definition) is 2. The molecular weight excluding hydrogens is 368 g/mol. The topological polar surface area (TPSA) is 58.2 Å². The fourth-order valence-electron chi connectivity index (χ4n) is 3.64. The molecule has 2 aliphatic rings. The van der Waals surface area contributed by atoms with Gasteiger partial charge in [0.1, 0.15) is 0 Å². The zero-order valence-corrected chi connectivity index (χ0v) is 16.7. The molecule has 2 aromatic carbocycles. The first-order valence-electron chi connectivity index (χ1n) is 10.0. The maximum atomic E-state index is 13.0. The molecule has 1 aliphatic carbocycles. The highest BCUT2D eigenvalue weighted by molar-refractivity contribution is 7.83. The van der Waals surface area contributed by atoms with Gasteiger partial charge in [0.2, 0.25) is 5.91 Å². The van der Waals surface area contributed by atoms with E-state index in [1.165, 1.54) is 0 Å². The van der Waals surface area contributed by atoms with Crippen molar-refractivity contribution in [2.75, 3.05) is 11.9 Å². The largest absolute Gasteiger partial charge is 0.384 e. The lowest BCUT2D eigenvalue weighted by molar-refractivity contribution is -0.120. The third-order valence-electron chi connectivity index (χ3n) is 5.40. The fourth-order valence-corrected chi connectivity index (χ4v) is 4.66. The third kappa shape index (κ3) is 4.53. The summed E-state index contributed by atoms with van der Waals surface area (Å²) < 4.78 is 15.8. The minimum Gasteiger partial charge on any atom is -0.384 e. The Morgan fingerprint density at radius 1 is 0.964 bits per heavy atom. The molecule has 1 saturated carbocycles. The molecule has 2 aromatic rings. The number of carbonyl (C=O) groups excluding carboxylic acids is 1. The van der Waals surface area contributed by atoms with Gasteiger partial charge >= 0.3 is 0 Å². The Balaban J connectivity index is 1.61. The van der Waals surface area contributed by atoms with Gasteiger partial charge in [0.15, 0.2) is 11.0 Å². The summed E-state index contributed by atoms with van der Waals surface area (Å²) in [6.07, 6.45) is 9.66. The number of fused-ring (bicyclic) bond motifs is 2. The van der Waals surface area contributed by atoms with E-state index in [4.69, 9.17) is 0 Å². The Morgan fingerprint density at radius 2 is 1.82 bits per heavy atom. The molecule has 1 aliphatic heterocycles. The zero-order valence-electron chi connectivity index (χ0n) is 15.9. The van der Waals surface area contributed by atoms with Crippen LogP contribution in [-0.2, 0) is 15.8 Å². The maximum absolute atomic E-state index is 13.0. The Morgan fingerprint density at radius 3 is 2.68 bits per heavy atom. The summed E-state index contributed by atoms with van der Waals surface area (Å²) >= 11 is 0. The van der Waals surface area contributed by atoms with E-state index < -0.39 is 11.0 Å². The molecule has 146 valence electrons. The number of anilines is 1. The number of nitrogens with one attached hydrogen (secondary N) is 2. The van der Waals surface area contributed by atoms with Crippen LogP contribution in [0.3, 0.4) is 0 Å². The molecule has 5 heteroatoms. The van der Waals surface area contributed by atoms with Gasteiger partial charge in [0.25, 0.3) is 0 Å². The van der Waals surface area contributed by atoms with Crippen LogP contribution in [0.15, 0.2) is 65.6 Å². The van der Waals surface area contributed by atoms with Crippen LogP contribution in [0, 0.1) is 11.8 Å². The number of amides is 1. The van der Waals surface area contributed by atoms with E-state index in [1.54, 1.807) is 0 Å². The van der Waals surface area contributed by atoms with Crippen LogP contribution in [0.25, 0.3) is 11.1 Å². The van der Waals surface area contributed by atoms with Crippen molar-refractivity contribution in [3.63, 3.8) is 0 Å². The van der Waals surface area contributed by atoms with E-state index in [9.17, 15) is 9.00 Å². The van der Waals surface area contributed by atoms with Crippen LogP contribution in [-0.4, -0.2) is 16.7 Å². The molecule has 1 heterocycles. The van der Waals surface area contributed by atoms with Crippen molar-refractivity contribution in [3.8, 4) is 11.1 Å². The van der Waals surface area contributed by atoms with Crippen molar-refractivity contribution < 1.29 is 9.00 Å². The van der Waals surface area contributed by atoms with E-state index in [0.717, 1.165) is 55.5 Å². The van der Waals surface area contributed by atoms with Crippen molar-refractivity contribution >= 4 is 22.6 Å². The summed E-state index contributed by atoms with van der Waals surface area (Å²) in [5.74, 6) is 0.147. The lowest BCUT2D eigenvalue weighted by Crippen LogP contribution is -2.28. The van der Waals surface area contributed by atoms with Gasteiger partial charge in [-0.25, -0.2) is 4.21 Å². The highest BCUT2D eigenvalue weighted by Crippen LogP contribution is 2.40. The maximum Gasteiger partial charge on any atom is 0.235 e. The highest BCUT2D eigenvalue weighted by Gasteiger charge is 2.41. The normalized spacial score (nSPS) is 26.4. The third-order valence-corrected chi connectivity index (χ3v) is 6.53. The summed E-state index contributed by atoms with van der Waals surface area (Å²) in [5, 5.41) is 3.42. The lowest BCUT2D eigenvalue weighted by Gasteiger charge is -2.14. The van der Waals surface area contributed by atoms with E-state index in [1.807, 2.05) is 48.5 Å². The van der Waals surface area contributed by atoms with Gasteiger partial charge in [-0.15, -0.1) is 0 Å². The number of allylic oxidation sites excluding steroid dienone is 2. The molecule has 1 fully saturated rings. The minimum atomic E-state index is -1.58. The first kappa shape index (κ1) is 18.9. The molecular formula is C23H26N2O2S. The fraction of sp³-hybridized carbons (Fsp3) is 0.348. The van der Waals surface area contributed by atoms with Gasteiger partial charge in [0.05, 0.1) is 10.6 Å². The smallest absolute Gasteiger partial charge is 0.235 e. The Hall–Kier alpha value is -2.40. The molecule has 4 nitrogen and oxygen atoms in total. The van der Waals surface area contributed by atoms with Gasteiger partial charge in [-0.05, 0) is 54.9 Å². The van der Waals surface area contributed by atoms with Gasteiger partial charge in [-0.3, -0.25) is 9.52 Å². The van der Waals surface area contributed by atoms with Crippen LogP contribution < -0.4 is 10.0 Å². The second kappa shape index (κ2) is 8.74. The number of hydrogen-bond acceptors (Lipinski definition) is 3. The van der Waals surface area contributed by atoms with Crippen molar-refractivity contribution in [3.05, 3.63) is 60.7 Å². The molecule has 0 bridgehead atoms. The Kier molecular flexibility index (Phi) is 5.91. The molecule has 1 unspecified atom stereocenters. The van der Waals surface area contributed by atoms with Crippen molar-refractivity contribution in [1.82, 2.24) is 4.72 Å². The standard InChI is InChI=1S/C23H26N2O2S/c26-23-20-15-19(20)11-5-2-1-3-8-14-24-21-13-12-18(16-22(21)28(27)25-23)17-9-6-4-7-10-17/h4-7,9-13,16,19-20,24H,1-3,8,14-15H2,(H,25,26)/b11-5-/t19-,20+,28?/m1/s1. The SMILES string of the molecule is O=C1NS(=O)c2cc(-c3ccccc3)ccc2NCCCCC/C=C\[C@@H]2C[C@H]12. The molecule has 0 radical (unpaired) electrons. The number of carbonyl (C=O) groups is 1. The summed E-state index contributed by atoms with van der Waals surface area (Å²) in [7, 11) is -1.58. The highest BCUT2D eigenvalue weighted by atomic mass is 32.2. The van der Waals surface area contributed by atoms with Crippen molar-refractivity contribution in [1.29, 1.82) is 0 Å². The van der Waals surface area contributed by atoms with Crippen LogP contribution in [0.1, 0.15) is 32.1 Å². The van der Waals surface area contributed by atoms with Crippen LogP contribution in [0.4, 0.5) is 5.69 Å². The van der Waals surface area contributed by atoms with Crippen LogP contribution in [0.5, 0.6) is 0 Å². The van der Waals surface area contributed by atoms with E-state index >= 15 is 0 Å². The predicted molar refractivity (Wildman–Crippen MR) is 114 cm³/mol. The zero-order chi connectivity index (χ0) is 19.3. The molecule has 0 saturated heterocycles. The first-order valence-corrected chi connectivity index (χ1v) is 11.2. The molecule has 4 rings (SSSR count). The molecule has 2 N–H and O–H groups in total. The van der Waals surface area contributed by atoms with E-state index in [2.05, 4.69) is 22.2 Å². The minimum absolute atomic E-state index is 0.0426. The average Bonchev–Trinajstić information content (AvgIpc) is 3.50. The molecule has 3 atom stereocenters. The van der Waals surface area contributed by atoms with E-state index in [-0.39, 0.29) is 11.8 Å². The lowest BCUT2D eigenvalue weighted by atomic mass is 10.1. The summed E-state index contributed by atoms with van der Waals surface area (Å²) in [4.78, 5) is 13.1.